The molecule has 2 saturated heterocycles. The summed E-state index contributed by atoms with van der Waals surface area (Å²) in [5.74, 6) is 1.64. The van der Waals surface area contributed by atoms with Gasteiger partial charge in [-0.25, -0.2) is 0 Å². The fourth-order valence-corrected chi connectivity index (χ4v) is 7.59. The highest BCUT2D eigenvalue weighted by Crippen LogP contribution is 2.53. The minimum Gasteiger partial charge on any atom is -0.377 e. The summed E-state index contributed by atoms with van der Waals surface area (Å²) in [6.07, 6.45) is 8.39. The number of anilines is 2. The van der Waals surface area contributed by atoms with Gasteiger partial charge in [-0.2, -0.15) is 0 Å². The van der Waals surface area contributed by atoms with E-state index in [9.17, 15) is 0 Å². The molecule has 0 N–H and O–H groups in total. The molecule has 0 aromatic heterocycles. The molecule has 4 fully saturated rings. The van der Waals surface area contributed by atoms with Gasteiger partial charge in [-0.05, 0) is 91.9 Å². The lowest BCUT2D eigenvalue weighted by Gasteiger charge is -2.46. The van der Waals surface area contributed by atoms with E-state index in [-0.39, 0.29) is 0 Å². The standard InChI is InChI=1S/C30H49N3O/c1-6-34-26-11-12-33(21-26)25-9-10-28(32-15-13-31(14-16-32)20-23-7-8-23)27(17-25)24-18-29(2,3)22-30(4,5)19-24/h9-10,17,23-24,26H,6-8,11-16,18-22H2,1-5H3. The third-order valence-electron chi connectivity index (χ3n) is 8.84. The summed E-state index contributed by atoms with van der Waals surface area (Å²) < 4.78 is 5.96. The smallest absolute Gasteiger partial charge is 0.0766 e. The fourth-order valence-electron chi connectivity index (χ4n) is 7.59. The minimum atomic E-state index is 0.389. The monoisotopic (exact) mass is 467 g/mol. The van der Waals surface area contributed by atoms with Gasteiger partial charge >= 0.3 is 0 Å². The molecule has 1 atom stereocenters. The molecule has 0 spiro atoms. The van der Waals surface area contributed by atoms with Gasteiger partial charge in [0.25, 0.3) is 0 Å². The van der Waals surface area contributed by atoms with Gasteiger partial charge in [-0.1, -0.05) is 27.7 Å². The zero-order valence-electron chi connectivity index (χ0n) is 22.6. The average molecular weight is 468 g/mol. The van der Waals surface area contributed by atoms with Crippen LogP contribution in [0.4, 0.5) is 11.4 Å². The van der Waals surface area contributed by atoms with Crippen molar-refractivity contribution in [2.75, 3.05) is 62.2 Å². The van der Waals surface area contributed by atoms with E-state index in [4.69, 9.17) is 4.74 Å². The predicted molar refractivity (Wildman–Crippen MR) is 144 cm³/mol. The molecule has 1 aromatic carbocycles. The number of hydrogen-bond donors (Lipinski definition) is 0. The number of hydrogen-bond acceptors (Lipinski definition) is 4. The highest BCUT2D eigenvalue weighted by Gasteiger charge is 2.40. The van der Waals surface area contributed by atoms with Crippen LogP contribution in [0.15, 0.2) is 18.2 Å². The molecular weight excluding hydrogens is 418 g/mol. The molecule has 4 nitrogen and oxygen atoms in total. The molecule has 34 heavy (non-hydrogen) atoms. The van der Waals surface area contributed by atoms with E-state index in [2.05, 4.69) is 67.5 Å². The molecule has 0 radical (unpaired) electrons. The van der Waals surface area contributed by atoms with Gasteiger partial charge in [0, 0.05) is 63.8 Å². The van der Waals surface area contributed by atoms with Crippen molar-refractivity contribution in [3.63, 3.8) is 0 Å². The summed E-state index contributed by atoms with van der Waals surface area (Å²) in [7, 11) is 0. The maximum atomic E-state index is 5.96. The Kier molecular flexibility index (Phi) is 6.94. The Hall–Kier alpha value is -1.26. The van der Waals surface area contributed by atoms with Crippen LogP contribution < -0.4 is 9.80 Å². The van der Waals surface area contributed by atoms with Gasteiger partial charge in [-0.15, -0.1) is 0 Å². The van der Waals surface area contributed by atoms with Crippen molar-refractivity contribution < 1.29 is 4.74 Å². The number of ether oxygens (including phenoxy) is 1. The third kappa shape index (κ3) is 5.75. The molecular formula is C30H49N3O. The van der Waals surface area contributed by atoms with Crippen LogP contribution in [0.1, 0.15) is 84.6 Å². The molecule has 0 bridgehead atoms. The molecule has 1 unspecified atom stereocenters. The molecule has 1 aromatic rings. The van der Waals surface area contributed by atoms with Crippen molar-refractivity contribution in [3.8, 4) is 0 Å². The average Bonchev–Trinajstić information content (AvgIpc) is 3.46. The lowest BCUT2D eigenvalue weighted by Crippen LogP contribution is -2.47. The Labute approximate surface area is 209 Å². The number of rotatable bonds is 7. The van der Waals surface area contributed by atoms with Crippen molar-refractivity contribution in [2.24, 2.45) is 16.7 Å². The Morgan fingerprint density at radius 2 is 1.59 bits per heavy atom. The zero-order chi connectivity index (χ0) is 23.9. The second kappa shape index (κ2) is 9.65. The molecule has 2 aliphatic carbocycles. The van der Waals surface area contributed by atoms with Gasteiger partial charge in [0.15, 0.2) is 0 Å². The summed E-state index contributed by atoms with van der Waals surface area (Å²) >= 11 is 0. The number of nitrogens with zero attached hydrogens (tertiary/aromatic N) is 3. The molecule has 4 aliphatic rings. The van der Waals surface area contributed by atoms with Crippen LogP contribution in [0.25, 0.3) is 0 Å². The van der Waals surface area contributed by atoms with Crippen LogP contribution in [0, 0.1) is 16.7 Å². The van der Waals surface area contributed by atoms with Gasteiger partial charge in [0.1, 0.15) is 0 Å². The van der Waals surface area contributed by atoms with Crippen molar-refractivity contribution in [1.82, 2.24) is 4.90 Å². The van der Waals surface area contributed by atoms with Crippen LogP contribution in [0.3, 0.4) is 0 Å². The number of benzene rings is 1. The van der Waals surface area contributed by atoms with E-state index in [0.29, 0.717) is 22.9 Å². The molecule has 2 aliphatic heterocycles. The SMILES string of the molecule is CCOC1CCN(c2ccc(N3CCN(CC4CC4)CC3)c(C3CC(C)(C)CC(C)(C)C3)c2)C1. The summed E-state index contributed by atoms with van der Waals surface area (Å²) in [6, 6.07) is 7.47. The highest BCUT2D eigenvalue weighted by atomic mass is 16.5. The Bertz CT molecular complexity index is 821. The molecule has 2 saturated carbocycles. The molecule has 4 heteroatoms. The zero-order valence-corrected chi connectivity index (χ0v) is 22.6. The molecule has 190 valence electrons. The quantitative estimate of drug-likeness (QED) is 0.478. The maximum Gasteiger partial charge on any atom is 0.0766 e. The number of piperazine rings is 1. The minimum absolute atomic E-state index is 0.389. The summed E-state index contributed by atoms with van der Waals surface area (Å²) in [6.45, 7) is 21.2. The topological polar surface area (TPSA) is 19.0 Å². The van der Waals surface area contributed by atoms with E-state index in [1.165, 1.54) is 76.2 Å². The molecule has 2 heterocycles. The lowest BCUT2D eigenvalue weighted by molar-refractivity contribution is 0.0787. The van der Waals surface area contributed by atoms with E-state index in [0.717, 1.165) is 32.0 Å². The summed E-state index contributed by atoms with van der Waals surface area (Å²) in [5.41, 5.74) is 5.35. The Morgan fingerprint density at radius 3 is 2.24 bits per heavy atom. The van der Waals surface area contributed by atoms with Crippen molar-refractivity contribution in [2.45, 2.75) is 85.2 Å². The van der Waals surface area contributed by atoms with Crippen LogP contribution in [-0.4, -0.2) is 63.4 Å². The molecule has 0 amide bonds. The first kappa shape index (κ1) is 24.4. The van der Waals surface area contributed by atoms with Crippen LogP contribution >= 0.6 is 0 Å². The van der Waals surface area contributed by atoms with Gasteiger partial charge in [-0.3, -0.25) is 4.90 Å². The second-order valence-electron chi connectivity index (χ2n) is 13.4. The predicted octanol–water partition coefficient (Wildman–Crippen LogP) is 6.15. The first-order valence-electron chi connectivity index (χ1n) is 14.2. The van der Waals surface area contributed by atoms with Crippen LogP contribution in [0.2, 0.25) is 0 Å². The summed E-state index contributed by atoms with van der Waals surface area (Å²) in [4.78, 5) is 8.00. The fraction of sp³-hybridized carbons (Fsp3) is 0.800. The highest BCUT2D eigenvalue weighted by molar-refractivity contribution is 5.64. The van der Waals surface area contributed by atoms with Crippen LogP contribution in [-0.2, 0) is 4.74 Å². The third-order valence-corrected chi connectivity index (χ3v) is 8.84. The van der Waals surface area contributed by atoms with Crippen molar-refractivity contribution in [3.05, 3.63) is 23.8 Å². The molecule has 5 rings (SSSR count). The Balaban J connectivity index is 1.40. The normalized spacial score (nSPS) is 28.0. The summed E-state index contributed by atoms with van der Waals surface area (Å²) in [5, 5.41) is 0. The van der Waals surface area contributed by atoms with E-state index in [1.54, 1.807) is 5.56 Å². The van der Waals surface area contributed by atoms with E-state index in [1.807, 2.05) is 0 Å². The second-order valence-corrected chi connectivity index (χ2v) is 13.4. The Morgan fingerprint density at radius 1 is 0.882 bits per heavy atom. The lowest BCUT2D eigenvalue weighted by atomic mass is 9.60. The maximum absolute atomic E-state index is 5.96. The van der Waals surface area contributed by atoms with Gasteiger partial charge < -0.3 is 14.5 Å². The van der Waals surface area contributed by atoms with Gasteiger partial charge in [0.05, 0.1) is 6.10 Å². The van der Waals surface area contributed by atoms with E-state index < -0.39 is 0 Å². The van der Waals surface area contributed by atoms with E-state index >= 15 is 0 Å². The first-order chi connectivity index (χ1) is 16.2. The first-order valence-corrected chi connectivity index (χ1v) is 14.2. The van der Waals surface area contributed by atoms with Gasteiger partial charge in [0.2, 0.25) is 0 Å². The van der Waals surface area contributed by atoms with Crippen LogP contribution in [0.5, 0.6) is 0 Å². The van der Waals surface area contributed by atoms with Crippen molar-refractivity contribution in [1.29, 1.82) is 0 Å². The van der Waals surface area contributed by atoms with Crippen molar-refractivity contribution >= 4 is 11.4 Å². The largest absolute Gasteiger partial charge is 0.377 e.